The van der Waals surface area contributed by atoms with Gasteiger partial charge >= 0.3 is 0 Å². The molecule has 0 N–H and O–H groups in total. The third kappa shape index (κ3) is 2.48. The molecule has 2 aromatic carbocycles. The summed E-state index contributed by atoms with van der Waals surface area (Å²) in [5, 5.41) is 8.45. The molecule has 1 aliphatic rings. The molecular weight excluding hydrogens is 390 g/mol. The summed E-state index contributed by atoms with van der Waals surface area (Å²) in [7, 11) is -3.79. The summed E-state index contributed by atoms with van der Waals surface area (Å²) >= 11 is 3.32. The van der Waals surface area contributed by atoms with Gasteiger partial charge in [0.1, 0.15) is 17.0 Å². The van der Waals surface area contributed by atoms with Crippen LogP contribution < -0.4 is 0 Å². The zero-order chi connectivity index (χ0) is 17.5. The first kappa shape index (κ1) is 16.9. The Morgan fingerprint density at radius 2 is 1.71 bits per heavy atom. The number of aldehydes is 1. The van der Waals surface area contributed by atoms with Crippen LogP contribution in [-0.4, -0.2) is 20.0 Å². The lowest BCUT2D eigenvalue weighted by atomic mass is 10.0. The van der Waals surface area contributed by atoms with Crippen LogP contribution in [0.2, 0.25) is 0 Å². The molecule has 3 rings (SSSR count). The normalized spacial score (nSPS) is 25.7. The molecule has 2 aromatic rings. The van der Waals surface area contributed by atoms with E-state index in [4.69, 9.17) is 0 Å². The molecular formula is C18H14BrNO3S. The number of hydrogen-bond donors (Lipinski definition) is 0. The van der Waals surface area contributed by atoms with Crippen molar-refractivity contribution in [3.8, 4) is 6.07 Å². The van der Waals surface area contributed by atoms with Crippen LogP contribution in [0.25, 0.3) is 0 Å². The Kier molecular flexibility index (Phi) is 4.10. The van der Waals surface area contributed by atoms with E-state index in [-0.39, 0.29) is 4.90 Å². The minimum absolute atomic E-state index is 0.138. The molecule has 24 heavy (non-hydrogen) atoms. The number of carbonyl (C=O) groups excluding carboxylic acids is 1. The predicted octanol–water partition coefficient (Wildman–Crippen LogP) is 3.41. The highest BCUT2D eigenvalue weighted by molar-refractivity contribution is 9.10. The Bertz CT molecular complexity index is 930. The van der Waals surface area contributed by atoms with E-state index in [2.05, 4.69) is 15.9 Å². The van der Waals surface area contributed by atoms with Crippen LogP contribution >= 0.6 is 15.9 Å². The molecule has 0 amide bonds. The van der Waals surface area contributed by atoms with Crippen LogP contribution in [0.1, 0.15) is 17.0 Å². The third-order valence-electron chi connectivity index (χ3n) is 4.48. The Balaban J connectivity index is 2.08. The van der Waals surface area contributed by atoms with Crippen LogP contribution in [0.4, 0.5) is 0 Å². The fraction of sp³-hybridized carbons (Fsp3) is 0.222. The lowest BCUT2D eigenvalue weighted by molar-refractivity contribution is -0.110. The highest BCUT2D eigenvalue weighted by atomic mass is 79.9. The molecule has 0 aliphatic heterocycles. The second kappa shape index (κ2) is 5.83. The van der Waals surface area contributed by atoms with Crippen LogP contribution in [0.15, 0.2) is 57.9 Å². The average molecular weight is 404 g/mol. The number of benzene rings is 2. The van der Waals surface area contributed by atoms with Crippen molar-refractivity contribution in [3.63, 3.8) is 0 Å². The molecule has 0 saturated heterocycles. The van der Waals surface area contributed by atoms with Crippen molar-refractivity contribution in [3.05, 3.63) is 64.1 Å². The summed E-state index contributed by atoms with van der Waals surface area (Å²) in [5.74, 6) is -0.653. The minimum Gasteiger partial charge on any atom is -0.302 e. The van der Waals surface area contributed by atoms with Crippen molar-refractivity contribution in [1.29, 1.82) is 5.26 Å². The van der Waals surface area contributed by atoms with Gasteiger partial charge in [0, 0.05) is 10.4 Å². The first-order valence-electron chi connectivity index (χ1n) is 7.30. The first-order valence-corrected chi connectivity index (χ1v) is 9.64. The number of halogens is 1. The Morgan fingerprint density at radius 1 is 1.12 bits per heavy atom. The second-order valence-electron chi connectivity index (χ2n) is 5.97. The molecule has 0 aromatic heterocycles. The molecule has 0 spiro atoms. The maximum Gasteiger partial charge on any atom is 0.183 e. The average Bonchev–Trinajstić information content (AvgIpc) is 3.26. The van der Waals surface area contributed by atoms with Crippen LogP contribution in [0, 0.1) is 23.7 Å². The molecule has 0 bridgehead atoms. The summed E-state index contributed by atoms with van der Waals surface area (Å²) in [6.45, 7) is 1.86. The van der Waals surface area contributed by atoms with Crippen molar-refractivity contribution in [2.24, 2.45) is 5.41 Å². The van der Waals surface area contributed by atoms with E-state index >= 15 is 0 Å². The lowest BCUT2D eigenvalue weighted by Gasteiger charge is -2.05. The largest absolute Gasteiger partial charge is 0.302 e. The number of nitrogens with zero attached hydrogens (tertiary/aromatic N) is 1. The van der Waals surface area contributed by atoms with Gasteiger partial charge in [0.2, 0.25) is 0 Å². The van der Waals surface area contributed by atoms with E-state index in [1.807, 2.05) is 13.0 Å². The van der Waals surface area contributed by atoms with Gasteiger partial charge in [-0.1, -0.05) is 45.8 Å². The van der Waals surface area contributed by atoms with Gasteiger partial charge in [0.05, 0.1) is 11.0 Å². The molecule has 1 aliphatic carbocycles. The fourth-order valence-corrected chi connectivity index (χ4v) is 5.61. The van der Waals surface area contributed by atoms with E-state index < -0.39 is 26.4 Å². The molecule has 6 heteroatoms. The van der Waals surface area contributed by atoms with Crippen molar-refractivity contribution in [2.45, 2.75) is 23.0 Å². The van der Waals surface area contributed by atoms with Gasteiger partial charge in [-0.2, -0.15) is 5.26 Å². The Morgan fingerprint density at radius 3 is 2.21 bits per heavy atom. The van der Waals surface area contributed by atoms with Gasteiger partial charge < -0.3 is 4.79 Å². The quantitative estimate of drug-likeness (QED) is 0.732. The molecule has 3 atom stereocenters. The number of aryl methyl sites for hydroxylation is 1. The van der Waals surface area contributed by atoms with E-state index in [1.54, 1.807) is 36.4 Å². The molecule has 0 radical (unpaired) electrons. The monoisotopic (exact) mass is 403 g/mol. The van der Waals surface area contributed by atoms with Crippen molar-refractivity contribution >= 4 is 32.1 Å². The van der Waals surface area contributed by atoms with Gasteiger partial charge in [-0.3, -0.25) is 0 Å². The van der Waals surface area contributed by atoms with Gasteiger partial charge in [-0.25, -0.2) is 8.42 Å². The molecule has 1 saturated carbocycles. The summed E-state index contributed by atoms with van der Waals surface area (Å²) in [6, 6.07) is 15.4. The number of nitriles is 1. The lowest BCUT2D eigenvalue weighted by Crippen LogP contribution is -2.16. The molecule has 0 heterocycles. The van der Waals surface area contributed by atoms with E-state index in [9.17, 15) is 18.5 Å². The minimum atomic E-state index is -3.79. The highest BCUT2D eigenvalue weighted by Crippen LogP contribution is 2.62. The van der Waals surface area contributed by atoms with E-state index in [0.717, 1.165) is 10.0 Å². The van der Waals surface area contributed by atoms with Crippen molar-refractivity contribution in [2.75, 3.05) is 0 Å². The zero-order valence-electron chi connectivity index (χ0n) is 12.8. The predicted molar refractivity (Wildman–Crippen MR) is 93.1 cm³/mol. The SMILES string of the molecule is Cc1ccc(S(=O)(=O)[C@@H]2[C@H](c3ccc(Br)cc3)[C@@]2(C#N)C=O)cc1. The zero-order valence-corrected chi connectivity index (χ0v) is 15.2. The standard InChI is InChI=1S/C18H14BrNO3S/c1-12-2-8-15(9-3-12)24(22,23)17-16(18(17,10-20)11-21)13-4-6-14(19)7-5-13/h2-9,11,16-17H,1H3/t16-,17+,18+/m0/s1. The Hall–Kier alpha value is -1.97. The molecule has 122 valence electrons. The van der Waals surface area contributed by atoms with E-state index in [0.29, 0.717) is 11.8 Å². The van der Waals surface area contributed by atoms with Gasteiger partial charge in [-0.05, 0) is 36.8 Å². The fourth-order valence-electron chi connectivity index (χ4n) is 3.11. The molecule has 0 unspecified atom stereocenters. The maximum atomic E-state index is 13.0. The van der Waals surface area contributed by atoms with Crippen LogP contribution in [0.5, 0.6) is 0 Å². The summed E-state index contributed by atoms with van der Waals surface area (Å²) < 4.78 is 26.8. The number of sulfone groups is 1. The number of rotatable bonds is 4. The van der Waals surface area contributed by atoms with E-state index in [1.165, 1.54) is 12.1 Å². The molecule has 4 nitrogen and oxygen atoms in total. The highest BCUT2D eigenvalue weighted by Gasteiger charge is 2.72. The summed E-state index contributed by atoms with van der Waals surface area (Å²) in [4.78, 5) is 11.8. The van der Waals surface area contributed by atoms with Gasteiger partial charge in [-0.15, -0.1) is 0 Å². The van der Waals surface area contributed by atoms with Crippen molar-refractivity contribution < 1.29 is 13.2 Å². The van der Waals surface area contributed by atoms with Crippen LogP contribution in [-0.2, 0) is 14.6 Å². The maximum absolute atomic E-state index is 13.0. The topological polar surface area (TPSA) is 75.0 Å². The smallest absolute Gasteiger partial charge is 0.183 e. The molecule has 1 fully saturated rings. The first-order chi connectivity index (χ1) is 11.4. The third-order valence-corrected chi connectivity index (χ3v) is 7.27. The summed E-state index contributed by atoms with van der Waals surface area (Å²) in [5.41, 5.74) is 0.0843. The van der Waals surface area contributed by atoms with Crippen LogP contribution in [0.3, 0.4) is 0 Å². The Labute approximate surface area is 149 Å². The number of carbonyl (C=O) groups is 1. The number of hydrogen-bond acceptors (Lipinski definition) is 4. The second-order valence-corrected chi connectivity index (χ2v) is 8.96. The van der Waals surface area contributed by atoms with Gasteiger partial charge in [0.25, 0.3) is 0 Å². The van der Waals surface area contributed by atoms with Gasteiger partial charge in [0.15, 0.2) is 9.84 Å². The summed E-state index contributed by atoms with van der Waals surface area (Å²) in [6.07, 6.45) is 0.482. The van der Waals surface area contributed by atoms with Crippen molar-refractivity contribution in [1.82, 2.24) is 0 Å².